The molecule has 0 unspecified atom stereocenters. The van der Waals surface area contributed by atoms with Crippen LogP contribution in [0.25, 0.3) is 0 Å². The Hall–Kier alpha value is -0.860. The van der Waals surface area contributed by atoms with Gasteiger partial charge in [-0.3, -0.25) is 0 Å². The number of aliphatic hydroxyl groups excluding tert-OH is 1. The van der Waals surface area contributed by atoms with Crippen LogP contribution >= 0.6 is 0 Å². The van der Waals surface area contributed by atoms with Crippen molar-refractivity contribution in [2.24, 2.45) is 5.92 Å². The van der Waals surface area contributed by atoms with Gasteiger partial charge in [-0.25, -0.2) is 0 Å². The van der Waals surface area contributed by atoms with Gasteiger partial charge in [0, 0.05) is 0 Å². The second-order valence-electron chi connectivity index (χ2n) is 7.32. The minimum atomic E-state index is -0.627. The van der Waals surface area contributed by atoms with E-state index < -0.39 is 5.60 Å². The van der Waals surface area contributed by atoms with Gasteiger partial charge in [0.2, 0.25) is 0 Å². The third kappa shape index (κ3) is 7.42. The van der Waals surface area contributed by atoms with Crippen LogP contribution in [0.5, 0.6) is 0 Å². The van der Waals surface area contributed by atoms with Crippen molar-refractivity contribution in [3.8, 4) is 0 Å². The van der Waals surface area contributed by atoms with Crippen LogP contribution in [0.1, 0.15) is 72.6 Å². The van der Waals surface area contributed by atoms with Gasteiger partial charge in [-0.15, -0.1) is 0 Å². The van der Waals surface area contributed by atoms with E-state index in [-0.39, 0.29) is 6.61 Å². The van der Waals surface area contributed by atoms with E-state index in [2.05, 4.69) is 32.1 Å². The molecule has 0 fully saturated rings. The summed E-state index contributed by atoms with van der Waals surface area (Å²) >= 11 is 0. The van der Waals surface area contributed by atoms with Gasteiger partial charge in [-0.2, -0.15) is 0 Å². The summed E-state index contributed by atoms with van der Waals surface area (Å²) in [6.07, 6.45) is 13.8. The second kappa shape index (κ2) is 9.32. The van der Waals surface area contributed by atoms with Crippen LogP contribution in [0.15, 0.2) is 34.9 Å². The molecule has 0 saturated carbocycles. The maximum Gasteiger partial charge on any atom is 0.0641 e. The lowest BCUT2D eigenvalue weighted by Gasteiger charge is -2.29. The molecule has 2 nitrogen and oxygen atoms in total. The van der Waals surface area contributed by atoms with Crippen LogP contribution in [0.2, 0.25) is 0 Å². The van der Waals surface area contributed by atoms with E-state index in [1.54, 1.807) is 0 Å². The lowest BCUT2D eigenvalue weighted by atomic mass is 9.83. The van der Waals surface area contributed by atoms with Gasteiger partial charge in [-0.1, -0.05) is 29.4 Å². The summed E-state index contributed by atoms with van der Waals surface area (Å²) in [5.41, 5.74) is 3.30. The Kier molecular flexibility index (Phi) is 8.13. The largest absolute Gasteiger partial charge is 0.392 e. The molecule has 0 saturated heterocycles. The molecule has 2 heteroatoms. The predicted molar refractivity (Wildman–Crippen MR) is 94.8 cm³/mol. The smallest absolute Gasteiger partial charge is 0.0641 e. The SMILES string of the molecule is C/C1=C/C[C@H](C(C)(C)O)CC/C(C)=C\CC/C(CO)=C\CC1. The Morgan fingerprint density at radius 3 is 2.27 bits per heavy atom. The minimum absolute atomic E-state index is 0.177. The Labute approximate surface area is 136 Å². The van der Waals surface area contributed by atoms with Crippen LogP contribution < -0.4 is 0 Å². The van der Waals surface area contributed by atoms with Crippen LogP contribution in [0, 0.1) is 5.92 Å². The van der Waals surface area contributed by atoms with E-state index in [9.17, 15) is 10.2 Å². The zero-order chi connectivity index (χ0) is 16.6. The first kappa shape index (κ1) is 19.2. The molecule has 1 atom stereocenters. The summed E-state index contributed by atoms with van der Waals surface area (Å²) in [7, 11) is 0. The molecule has 0 aromatic carbocycles. The van der Waals surface area contributed by atoms with Crippen molar-refractivity contribution in [2.75, 3.05) is 6.61 Å². The number of allylic oxidation sites excluding steroid dienone is 5. The number of hydrogen-bond acceptors (Lipinski definition) is 2. The molecule has 2 N–H and O–H groups in total. The second-order valence-corrected chi connectivity index (χ2v) is 7.32. The van der Waals surface area contributed by atoms with Crippen molar-refractivity contribution < 1.29 is 10.2 Å². The van der Waals surface area contributed by atoms with Crippen molar-refractivity contribution in [3.63, 3.8) is 0 Å². The highest BCUT2D eigenvalue weighted by atomic mass is 16.3. The normalized spacial score (nSPS) is 30.3. The van der Waals surface area contributed by atoms with Crippen molar-refractivity contribution >= 4 is 0 Å². The van der Waals surface area contributed by atoms with Crippen LogP contribution in [0.4, 0.5) is 0 Å². The fourth-order valence-electron chi connectivity index (χ4n) is 2.96. The van der Waals surface area contributed by atoms with E-state index in [4.69, 9.17) is 0 Å². The topological polar surface area (TPSA) is 40.5 Å². The molecular weight excluding hydrogens is 272 g/mol. The first-order valence-electron chi connectivity index (χ1n) is 8.65. The zero-order valence-electron chi connectivity index (χ0n) is 14.9. The molecule has 0 radical (unpaired) electrons. The molecule has 0 aromatic rings. The van der Waals surface area contributed by atoms with Gasteiger partial charge in [0.25, 0.3) is 0 Å². The molecule has 126 valence electrons. The third-order valence-electron chi connectivity index (χ3n) is 4.77. The summed E-state index contributed by atoms with van der Waals surface area (Å²) in [4.78, 5) is 0. The Morgan fingerprint density at radius 1 is 1.00 bits per heavy atom. The van der Waals surface area contributed by atoms with Gasteiger partial charge in [0.15, 0.2) is 0 Å². The van der Waals surface area contributed by atoms with Gasteiger partial charge >= 0.3 is 0 Å². The first-order chi connectivity index (χ1) is 10.3. The van der Waals surface area contributed by atoms with E-state index in [1.807, 2.05) is 13.8 Å². The number of aliphatic hydroxyl groups is 2. The molecule has 1 aliphatic carbocycles. The zero-order valence-corrected chi connectivity index (χ0v) is 14.9. The average Bonchev–Trinajstić information content (AvgIpc) is 2.43. The van der Waals surface area contributed by atoms with E-state index >= 15 is 0 Å². The molecule has 22 heavy (non-hydrogen) atoms. The standard InChI is InChI=1S/C20H34O2/c1-16-7-5-9-18(15-21)10-6-8-17(2)12-14-19(13-11-16)20(3,4)22/h7,10,12,19,21-22H,5-6,8-9,11,13-15H2,1-4H3/b16-7-,17-12-,18-10+/t19-/m1/s1. The number of rotatable bonds is 2. The van der Waals surface area contributed by atoms with Gasteiger partial charge in [0.05, 0.1) is 12.2 Å². The van der Waals surface area contributed by atoms with Crippen LogP contribution in [-0.2, 0) is 0 Å². The van der Waals surface area contributed by atoms with Crippen molar-refractivity contribution in [2.45, 2.75) is 78.2 Å². The summed E-state index contributed by atoms with van der Waals surface area (Å²) in [6, 6.07) is 0. The maximum absolute atomic E-state index is 10.4. The Morgan fingerprint density at radius 2 is 1.64 bits per heavy atom. The third-order valence-corrected chi connectivity index (χ3v) is 4.77. The van der Waals surface area contributed by atoms with E-state index in [0.29, 0.717) is 5.92 Å². The maximum atomic E-state index is 10.4. The molecule has 0 aliphatic heterocycles. The highest BCUT2D eigenvalue weighted by Gasteiger charge is 2.25. The monoisotopic (exact) mass is 306 g/mol. The highest BCUT2D eigenvalue weighted by molar-refractivity contribution is 5.09. The first-order valence-corrected chi connectivity index (χ1v) is 8.65. The van der Waals surface area contributed by atoms with Gasteiger partial charge in [-0.05, 0) is 84.1 Å². The highest BCUT2D eigenvalue weighted by Crippen LogP contribution is 2.28. The molecule has 0 aromatic heterocycles. The average molecular weight is 306 g/mol. The molecule has 0 bridgehead atoms. The van der Waals surface area contributed by atoms with Crippen molar-refractivity contribution in [1.82, 2.24) is 0 Å². The molecule has 0 heterocycles. The van der Waals surface area contributed by atoms with Gasteiger partial charge in [0.1, 0.15) is 0 Å². The van der Waals surface area contributed by atoms with Crippen LogP contribution in [0.3, 0.4) is 0 Å². The van der Waals surface area contributed by atoms with Crippen molar-refractivity contribution in [3.05, 3.63) is 34.9 Å². The predicted octanol–water partition coefficient (Wildman–Crippen LogP) is 4.93. The molecule has 1 rings (SSSR count). The molecular formula is C20H34O2. The Balaban J connectivity index is 2.85. The Bertz CT molecular complexity index is 421. The van der Waals surface area contributed by atoms with E-state index in [0.717, 1.165) is 50.5 Å². The fraction of sp³-hybridized carbons (Fsp3) is 0.700. The lowest BCUT2D eigenvalue weighted by molar-refractivity contribution is 0.0145. The molecule has 0 spiro atoms. The summed E-state index contributed by atoms with van der Waals surface area (Å²) in [5, 5.41) is 19.8. The van der Waals surface area contributed by atoms with E-state index in [1.165, 1.54) is 11.1 Å². The quantitative estimate of drug-likeness (QED) is 0.710. The minimum Gasteiger partial charge on any atom is -0.392 e. The number of hydrogen-bond donors (Lipinski definition) is 2. The fourth-order valence-corrected chi connectivity index (χ4v) is 2.96. The summed E-state index contributed by atoms with van der Waals surface area (Å²) < 4.78 is 0. The summed E-state index contributed by atoms with van der Waals surface area (Å²) in [6.45, 7) is 8.39. The molecule has 0 amide bonds. The summed E-state index contributed by atoms with van der Waals surface area (Å²) in [5.74, 6) is 0.303. The van der Waals surface area contributed by atoms with Crippen molar-refractivity contribution in [1.29, 1.82) is 0 Å². The molecule has 1 aliphatic rings. The van der Waals surface area contributed by atoms with Gasteiger partial charge < -0.3 is 10.2 Å². The lowest BCUT2D eigenvalue weighted by Crippen LogP contribution is -2.30. The van der Waals surface area contributed by atoms with Crippen LogP contribution in [-0.4, -0.2) is 22.4 Å².